The molecule has 0 N–H and O–H groups in total. The minimum atomic E-state index is -0.549. The van der Waals surface area contributed by atoms with Crippen molar-refractivity contribution >= 4 is 46.3 Å². The van der Waals surface area contributed by atoms with Crippen LogP contribution in [0.25, 0.3) is 6.08 Å². The van der Waals surface area contributed by atoms with Gasteiger partial charge in [-0.2, -0.15) is 0 Å². The standard InChI is InChI=1S/C21H17ClN2O3S2/c1-3-27-20(26)17-12(2)23-21-24(18(17)15-8-5-9-28-15)19(25)16(29-21)11-13-6-4-7-14(22)10-13/h4-11,18H,3H2,1-2H3/b16-11-/t18-/m1/s1. The van der Waals surface area contributed by atoms with Crippen LogP contribution in [0.1, 0.15) is 30.3 Å². The van der Waals surface area contributed by atoms with Gasteiger partial charge in [0.25, 0.3) is 5.56 Å². The molecule has 0 radical (unpaired) electrons. The number of thiazole rings is 1. The molecular weight excluding hydrogens is 428 g/mol. The van der Waals surface area contributed by atoms with Crippen LogP contribution in [0.15, 0.2) is 62.8 Å². The van der Waals surface area contributed by atoms with Gasteiger partial charge in [-0.05, 0) is 49.1 Å². The normalized spacial score (nSPS) is 16.5. The lowest BCUT2D eigenvalue weighted by molar-refractivity contribution is -0.139. The van der Waals surface area contributed by atoms with Crippen LogP contribution in [0.5, 0.6) is 0 Å². The molecule has 1 atom stereocenters. The number of thiophene rings is 1. The molecule has 3 aromatic rings. The molecule has 1 aliphatic heterocycles. The highest BCUT2D eigenvalue weighted by atomic mass is 35.5. The molecule has 5 nitrogen and oxygen atoms in total. The fraction of sp³-hybridized carbons (Fsp3) is 0.190. The maximum atomic E-state index is 13.3. The summed E-state index contributed by atoms with van der Waals surface area (Å²) in [4.78, 5) is 32.0. The summed E-state index contributed by atoms with van der Waals surface area (Å²) in [5.74, 6) is -0.448. The Labute approximate surface area is 179 Å². The zero-order valence-electron chi connectivity index (χ0n) is 15.7. The number of rotatable bonds is 4. The fourth-order valence-electron chi connectivity index (χ4n) is 3.26. The van der Waals surface area contributed by atoms with Crippen LogP contribution in [-0.2, 0) is 9.53 Å². The number of esters is 1. The molecule has 0 amide bonds. The van der Waals surface area contributed by atoms with Crippen molar-refractivity contribution in [2.75, 3.05) is 6.61 Å². The number of carbonyl (C=O) groups excluding carboxylic acids is 1. The average molecular weight is 445 g/mol. The van der Waals surface area contributed by atoms with Gasteiger partial charge in [-0.15, -0.1) is 11.3 Å². The highest BCUT2D eigenvalue weighted by Crippen LogP contribution is 2.33. The summed E-state index contributed by atoms with van der Waals surface area (Å²) < 4.78 is 7.39. The van der Waals surface area contributed by atoms with Gasteiger partial charge in [0, 0.05) is 9.90 Å². The fourth-order valence-corrected chi connectivity index (χ4v) is 5.32. The van der Waals surface area contributed by atoms with Crippen LogP contribution in [0.3, 0.4) is 0 Å². The lowest BCUT2D eigenvalue weighted by atomic mass is 10.0. The first-order valence-corrected chi connectivity index (χ1v) is 11.1. The molecule has 148 valence electrons. The number of carbonyl (C=O) groups is 1. The zero-order chi connectivity index (χ0) is 20.5. The molecule has 8 heteroatoms. The maximum absolute atomic E-state index is 13.3. The van der Waals surface area contributed by atoms with Crippen LogP contribution in [0.2, 0.25) is 5.02 Å². The van der Waals surface area contributed by atoms with Gasteiger partial charge in [-0.3, -0.25) is 9.36 Å². The second kappa shape index (κ2) is 8.10. The first-order chi connectivity index (χ1) is 14.0. The van der Waals surface area contributed by atoms with Gasteiger partial charge in [-0.25, -0.2) is 9.79 Å². The minimum Gasteiger partial charge on any atom is -0.463 e. The SMILES string of the molecule is CCOC(=O)C1=C(C)N=c2s/c(=C\c3cccc(Cl)c3)c(=O)n2[C@@H]1c1cccs1. The van der Waals surface area contributed by atoms with Crippen molar-refractivity contribution in [1.29, 1.82) is 0 Å². The number of fused-ring (bicyclic) bond motifs is 1. The van der Waals surface area contributed by atoms with Crippen LogP contribution < -0.4 is 14.9 Å². The molecular formula is C21H17ClN2O3S2. The van der Waals surface area contributed by atoms with E-state index in [2.05, 4.69) is 4.99 Å². The molecule has 0 bridgehead atoms. The Hall–Kier alpha value is -2.48. The molecule has 0 aliphatic carbocycles. The largest absolute Gasteiger partial charge is 0.463 e. The van der Waals surface area contributed by atoms with Gasteiger partial charge in [0.05, 0.1) is 22.4 Å². The number of halogens is 1. The third-order valence-electron chi connectivity index (χ3n) is 4.48. The summed E-state index contributed by atoms with van der Waals surface area (Å²) in [6, 6.07) is 10.6. The summed E-state index contributed by atoms with van der Waals surface area (Å²) >= 11 is 8.86. The van der Waals surface area contributed by atoms with E-state index in [1.165, 1.54) is 22.7 Å². The monoisotopic (exact) mass is 444 g/mol. The van der Waals surface area contributed by atoms with Crippen LogP contribution in [0, 0.1) is 0 Å². The first-order valence-electron chi connectivity index (χ1n) is 8.98. The van der Waals surface area contributed by atoms with Crippen LogP contribution in [-0.4, -0.2) is 17.1 Å². The number of hydrogen-bond acceptors (Lipinski definition) is 6. The van der Waals surface area contributed by atoms with Crippen molar-refractivity contribution < 1.29 is 9.53 Å². The summed E-state index contributed by atoms with van der Waals surface area (Å²) in [5, 5.41) is 2.53. The van der Waals surface area contributed by atoms with E-state index < -0.39 is 12.0 Å². The third-order valence-corrected chi connectivity index (χ3v) is 6.62. The number of ether oxygens (including phenoxy) is 1. The third kappa shape index (κ3) is 3.73. The van der Waals surface area contributed by atoms with Gasteiger partial charge in [0.15, 0.2) is 4.80 Å². The molecule has 3 heterocycles. The molecule has 29 heavy (non-hydrogen) atoms. The van der Waals surface area contributed by atoms with Gasteiger partial charge in [-0.1, -0.05) is 41.1 Å². The van der Waals surface area contributed by atoms with Gasteiger partial charge < -0.3 is 4.74 Å². The van der Waals surface area contributed by atoms with Crippen molar-refractivity contribution in [2.45, 2.75) is 19.9 Å². The molecule has 0 saturated heterocycles. The molecule has 1 aromatic carbocycles. The quantitative estimate of drug-likeness (QED) is 0.578. The number of nitrogens with zero attached hydrogens (tertiary/aromatic N) is 2. The Morgan fingerprint density at radius 2 is 2.17 bits per heavy atom. The van der Waals surface area contributed by atoms with Crippen molar-refractivity contribution in [3.05, 3.63) is 88.2 Å². The summed E-state index contributed by atoms with van der Waals surface area (Å²) in [6.07, 6.45) is 1.80. The van der Waals surface area contributed by atoms with Crippen molar-refractivity contribution in [1.82, 2.24) is 4.57 Å². The Bertz CT molecular complexity index is 1290. The van der Waals surface area contributed by atoms with E-state index in [1.807, 2.05) is 29.6 Å². The van der Waals surface area contributed by atoms with Gasteiger partial charge in [0.2, 0.25) is 0 Å². The molecule has 0 unspecified atom stereocenters. The van der Waals surface area contributed by atoms with Gasteiger partial charge >= 0.3 is 5.97 Å². The van der Waals surface area contributed by atoms with E-state index >= 15 is 0 Å². The predicted octanol–water partition coefficient (Wildman–Crippen LogP) is 3.51. The summed E-state index contributed by atoms with van der Waals surface area (Å²) in [5.41, 5.74) is 1.60. The smallest absolute Gasteiger partial charge is 0.338 e. The van der Waals surface area contributed by atoms with E-state index in [4.69, 9.17) is 16.3 Å². The van der Waals surface area contributed by atoms with Gasteiger partial charge in [0.1, 0.15) is 6.04 Å². The Kier molecular flexibility index (Phi) is 5.54. The van der Waals surface area contributed by atoms with Crippen molar-refractivity contribution in [3.8, 4) is 0 Å². The van der Waals surface area contributed by atoms with Crippen LogP contribution >= 0.6 is 34.3 Å². The van der Waals surface area contributed by atoms with E-state index in [-0.39, 0.29) is 12.2 Å². The lowest BCUT2D eigenvalue weighted by Crippen LogP contribution is -2.39. The van der Waals surface area contributed by atoms with E-state index in [0.717, 1.165) is 10.4 Å². The average Bonchev–Trinajstić information content (AvgIpc) is 3.30. The zero-order valence-corrected chi connectivity index (χ0v) is 18.1. The maximum Gasteiger partial charge on any atom is 0.338 e. The number of allylic oxidation sites excluding steroid dienone is 1. The molecule has 4 rings (SSSR count). The minimum absolute atomic E-state index is 0.193. The van der Waals surface area contributed by atoms with Crippen molar-refractivity contribution in [3.63, 3.8) is 0 Å². The molecule has 2 aromatic heterocycles. The van der Waals surface area contributed by atoms with Crippen molar-refractivity contribution in [2.24, 2.45) is 4.99 Å². The molecule has 0 spiro atoms. The first kappa shape index (κ1) is 19.8. The highest BCUT2D eigenvalue weighted by Gasteiger charge is 2.33. The molecule has 0 fully saturated rings. The summed E-state index contributed by atoms with van der Waals surface area (Å²) in [6.45, 7) is 3.79. The Balaban J connectivity index is 1.94. The molecule has 0 saturated carbocycles. The second-order valence-electron chi connectivity index (χ2n) is 6.37. The Morgan fingerprint density at radius 1 is 1.34 bits per heavy atom. The molecule has 1 aliphatic rings. The number of aromatic nitrogens is 1. The number of benzene rings is 1. The highest BCUT2D eigenvalue weighted by molar-refractivity contribution is 7.10. The van der Waals surface area contributed by atoms with Crippen LogP contribution in [0.4, 0.5) is 0 Å². The number of hydrogen-bond donors (Lipinski definition) is 0. The topological polar surface area (TPSA) is 60.7 Å². The van der Waals surface area contributed by atoms with E-state index in [9.17, 15) is 9.59 Å². The summed E-state index contributed by atoms with van der Waals surface area (Å²) in [7, 11) is 0. The second-order valence-corrected chi connectivity index (χ2v) is 8.80. The van der Waals surface area contributed by atoms with E-state index in [0.29, 0.717) is 25.6 Å². The lowest BCUT2D eigenvalue weighted by Gasteiger charge is -2.23. The Morgan fingerprint density at radius 3 is 2.86 bits per heavy atom. The van der Waals surface area contributed by atoms with E-state index in [1.54, 1.807) is 36.6 Å². The predicted molar refractivity (Wildman–Crippen MR) is 116 cm³/mol.